The third-order valence-electron chi connectivity index (χ3n) is 4.55. The molecule has 0 spiro atoms. The van der Waals surface area contributed by atoms with Gasteiger partial charge in [-0.15, -0.1) is 0 Å². The van der Waals surface area contributed by atoms with E-state index in [2.05, 4.69) is 10.4 Å². The molecule has 0 aliphatic heterocycles. The highest BCUT2D eigenvalue weighted by molar-refractivity contribution is 6.31. The van der Waals surface area contributed by atoms with Gasteiger partial charge in [-0.05, 0) is 36.6 Å². The van der Waals surface area contributed by atoms with E-state index in [0.717, 1.165) is 29.9 Å². The molecule has 27 heavy (non-hydrogen) atoms. The maximum absolute atomic E-state index is 12.8. The van der Waals surface area contributed by atoms with E-state index in [-0.39, 0.29) is 24.1 Å². The Hall–Kier alpha value is -2.86. The Kier molecular flexibility index (Phi) is 4.81. The van der Waals surface area contributed by atoms with Crippen LogP contribution in [0.25, 0.3) is 5.69 Å². The Morgan fingerprint density at radius 1 is 1.11 bits per heavy atom. The first kappa shape index (κ1) is 17.5. The number of carbonyl (C=O) groups excluding carboxylic acids is 1. The third kappa shape index (κ3) is 3.80. The summed E-state index contributed by atoms with van der Waals surface area (Å²) in [5, 5.41) is 7.83. The van der Waals surface area contributed by atoms with Gasteiger partial charge in [-0.1, -0.05) is 48.0 Å². The van der Waals surface area contributed by atoms with E-state index in [4.69, 9.17) is 11.6 Å². The number of carbonyl (C=O) groups is 1. The van der Waals surface area contributed by atoms with Crippen molar-refractivity contribution in [2.75, 3.05) is 0 Å². The second-order valence-corrected chi connectivity index (χ2v) is 7.02. The van der Waals surface area contributed by atoms with E-state index in [1.165, 1.54) is 4.68 Å². The average molecular weight is 383 g/mol. The summed E-state index contributed by atoms with van der Waals surface area (Å²) in [5.41, 5.74) is 1.30. The average Bonchev–Trinajstić information content (AvgIpc) is 3.47. The Morgan fingerprint density at radius 2 is 1.81 bits per heavy atom. The molecule has 6 nitrogen and oxygen atoms in total. The first-order chi connectivity index (χ1) is 13.1. The summed E-state index contributed by atoms with van der Waals surface area (Å²) in [6, 6.07) is 16.7. The van der Waals surface area contributed by atoms with E-state index < -0.39 is 0 Å². The molecule has 1 saturated carbocycles. The van der Waals surface area contributed by atoms with Crippen LogP contribution in [-0.2, 0) is 17.9 Å². The van der Waals surface area contributed by atoms with Crippen LogP contribution in [0.5, 0.6) is 0 Å². The van der Waals surface area contributed by atoms with Crippen LogP contribution in [0.3, 0.4) is 0 Å². The lowest BCUT2D eigenvalue weighted by Crippen LogP contribution is -2.33. The number of rotatable bonds is 6. The van der Waals surface area contributed by atoms with Crippen molar-refractivity contribution >= 4 is 17.5 Å². The number of para-hydroxylation sites is 1. The molecule has 1 heterocycles. The molecule has 1 aliphatic carbocycles. The predicted molar refractivity (Wildman–Crippen MR) is 103 cm³/mol. The topological polar surface area (TPSA) is 68.9 Å². The minimum absolute atomic E-state index is 0.122. The summed E-state index contributed by atoms with van der Waals surface area (Å²) >= 11 is 6.10. The van der Waals surface area contributed by atoms with Crippen molar-refractivity contribution in [1.82, 2.24) is 19.7 Å². The zero-order chi connectivity index (χ0) is 18.8. The standard InChI is InChI=1S/C20H19ClN4O2/c21-17-9-5-4-6-15(17)12-22-18(26)13-24-20(27)25(16-7-2-1-3-8-16)19(23-24)14-10-11-14/h1-9,14H,10-13H2,(H,22,26). The first-order valence-electron chi connectivity index (χ1n) is 8.89. The van der Waals surface area contributed by atoms with Crippen LogP contribution < -0.4 is 11.0 Å². The molecule has 2 aromatic carbocycles. The number of aromatic nitrogens is 3. The van der Waals surface area contributed by atoms with Gasteiger partial charge >= 0.3 is 5.69 Å². The summed E-state index contributed by atoms with van der Waals surface area (Å²) in [7, 11) is 0. The van der Waals surface area contributed by atoms with Gasteiger partial charge in [-0.2, -0.15) is 5.10 Å². The molecule has 4 rings (SSSR count). The fourth-order valence-corrected chi connectivity index (χ4v) is 3.18. The highest BCUT2D eigenvalue weighted by Crippen LogP contribution is 2.39. The summed E-state index contributed by atoms with van der Waals surface area (Å²) in [5.74, 6) is 0.729. The van der Waals surface area contributed by atoms with Gasteiger partial charge in [0, 0.05) is 17.5 Å². The molecule has 0 unspecified atom stereocenters. The fraction of sp³-hybridized carbons (Fsp3) is 0.250. The summed E-state index contributed by atoms with van der Waals surface area (Å²) < 4.78 is 2.85. The fourth-order valence-electron chi connectivity index (χ4n) is 2.98. The zero-order valence-corrected chi connectivity index (χ0v) is 15.4. The smallest absolute Gasteiger partial charge is 0.350 e. The second kappa shape index (κ2) is 7.40. The molecule has 0 atom stereocenters. The Labute approximate surface area is 161 Å². The van der Waals surface area contributed by atoms with E-state index in [1.54, 1.807) is 10.6 Å². The highest BCUT2D eigenvalue weighted by Gasteiger charge is 2.31. The number of hydrogen-bond donors (Lipinski definition) is 1. The van der Waals surface area contributed by atoms with Gasteiger partial charge in [0.05, 0.1) is 5.69 Å². The van der Waals surface area contributed by atoms with Crippen LogP contribution in [-0.4, -0.2) is 20.3 Å². The molecule has 0 radical (unpaired) electrons. The molecule has 1 N–H and O–H groups in total. The maximum Gasteiger partial charge on any atom is 0.351 e. The number of hydrogen-bond acceptors (Lipinski definition) is 3. The molecule has 1 aromatic heterocycles. The van der Waals surface area contributed by atoms with Crippen LogP contribution in [0, 0.1) is 0 Å². The van der Waals surface area contributed by atoms with Crippen LogP contribution in [0.1, 0.15) is 30.1 Å². The molecule has 1 amide bonds. The zero-order valence-electron chi connectivity index (χ0n) is 14.6. The molecule has 138 valence electrons. The maximum atomic E-state index is 12.8. The Bertz CT molecular complexity index is 1020. The van der Waals surface area contributed by atoms with Crippen LogP contribution >= 0.6 is 11.6 Å². The largest absolute Gasteiger partial charge is 0.351 e. The summed E-state index contributed by atoms with van der Waals surface area (Å²) in [6.45, 7) is 0.185. The van der Waals surface area contributed by atoms with Crippen LogP contribution in [0.2, 0.25) is 5.02 Å². The molecule has 0 bridgehead atoms. The van der Waals surface area contributed by atoms with Crippen LogP contribution in [0.15, 0.2) is 59.4 Å². The Balaban J connectivity index is 1.53. The van der Waals surface area contributed by atoms with Crippen molar-refractivity contribution in [2.24, 2.45) is 0 Å². The minimum atomic E-state index is -0.295. The molecular formula is C20H19ClN4O2. The van der Waals surface area contributed by atoms with Crippen molar-refractivity contribution < 1.29 is 4.79 Å². The van der Waals surface area contributed by atoms with E-state index in [9.17, 15) is 9.59 Å². The molecule has 7 heteroatoms. The van der Waals surface area contributed by atoms with Crippen molar-refractivity contribution in [3.8, 4) is 5.69 Å². The van der Waals surface area contributed by atoms with E-state index >= 15 is 0 Å². The van der Waals surface area contributed by atoms with Gasteiger partial charge in [0.2, 0.25) is 5.91 Å². The monoisotopic (exact) mass is 382 g/mol. The predicted octanol–water partition coefficient (Wildman–Crippen LogP) is 2.88. The molecule has 3 aromatic rings. The number of nitrogens with one attached hydrogen (secondary N) is 1. The summed E-state index contributed by atoms with van der Waals surface area (Å²) in [6.07, 6.45) is 2.03. The number of nitrogens with zero attached hydrogens (tertiary/aromatic N) is 3. The van der Waals surface area contributed by atoms with Crippen molar-refractivity contribution in [1.29, 1.82) is 0 Å². The lowest BCUT2D eigenvalue weighted by Gasteiger charge is -2.06. The van der Waals surface area contributed by atoms with Gasteiger partial charge in [0.15, 0.2) is 0 Å². The van der Waals surface area contributed by atoms with E-state index in [0.29, 0.717) is 11.6 Å². The normalized spacial score (nSPS) is 13.5. The first-order valence-corrected chi connectivity index (χ1v) is 9.26. The number of halogens is 1. The molecule has 0 saturated heterocycles. The van der Waals surface area contributed by atoms with Crippen molar-refractivity contribution in [3.63, 3.8) is 0 Å². The minimum Gasteiger partial charge on any atom is -0.350 e. The number of amides is 1. The quantitative estimate of drug-likeness (QED) is 0.712. The van der Waals surface area contributed by atoms with Gasteiger partial charge in [-0.3, -0.25) is 4.79 Å². The van der Waals surface area contributed by atoms with Crippen molar-refractivity contribution in [2.45, 2.75) is 31.8 Å². The molecule has 1 aliphatic rings. The highest BCUT2D eigenvalue weighted by atomic mass is 35.5. The lowest BCUT2D eigenvalue weighted by molar-refractivity contribution is -0.122. The van der Waals surface area contributed by atoms with Gasteiger partial charge in [0.25, 0.3) is 0 Å². The van der Waals surface area contributed by atoms with E-state index in [1.807, 2.05) is 48.5 Å². The Morgan fingerprint density at radius 3 is 2.52 bits per heavy atom. The lowest BCUT2D eigenvalue weighted by atomic mass is 10.2. The van der Waals surface area contributed by atoms with Gasteiger partial charge in [0.1, 0.15) is 12.4 Å². The summed E-state index contributed by atoms with van der Waals surface area (Å²) in [4.78, 5) is 25.2. The van der Waals surface area contributed by atoms with Crippen LogP contribution in [0.4, 0.5) is 0 Å². The molecular weight excluding hydrogens is 364 g/mol. The third-order valence-corrected chi connectivity index (χ3v) is 4.92. The SMILES string of the molecule is O=C(Cn1nc(C2CC2)n(-c2ccccc2)c1=O)NCc1ccccc1Cl. The van der Waals surface area contributed by atoms with Gasteiger partial charge < -0.3 is 5.32 Å². The molecule has 1 fully saturated rings. The van der Waals surface area contributed by atoms with Crippen molar-refractivity contribution in [3.05, 3.63) is 81.5 Å². The number of benzene rings is 2. The second-order valence-electron chi connectivity index (χ2n) is 6.61. The van der Waals surface area contributed by atoms with Gasteiger partial charge in [-0.25, -0.2) is 14.0 Å².